The number of carbonyl (C=O) groups excluding carboxylic acids is 2. The van der Waals surface area contributed by atoms with Crippen molar-refractivity contribution < 1.29 is 43.8 Å². The molecule has 9 nitrogen and oxygen atoms in total. The number of amides is 2. The van der Waals surface area contributed by atoms with Crippen LogP contribution in [0.4, 0.5) is 4.39 Å². The van der Waals surface area contributed by atoms with Gasteiger partial charge < -0.3 is 25.0 Å². The number of carboxylic acid groups (broad SMARTS) is 1. The Hall–Kier alpha value is -3.02. The summed E-state index contributed by atoms with van der Waals surface area (Å²) in [7, 11) is -1.12. The molecule has 0 saturated carbocycles. The second kappa shape index (κ2) is 13.1. The Labute approximate surface area is 233 Å². The van der Waals surface area contributed by atoms with Crippen LogP contribution in [0.3, 0.4) is 0 Å². The van der Waals surface area contributed by atoms with E-state index in [9.17, 15) is 34.0 Å². The van der Waals surface area contributed by atoms with Crippen molar-refractivity contribution in [2.75, 3.05) is 13.2 Å². The lowest BCUT2D eigenvalue weighted by Gasteiger charge is -2.43. The first-order valence-electron chi connectivity index (χ1n) is 14.1. The van der Waals surface area contributed by atoms with E-state index >= 15 is 0 Å². The quantitative estimate of drug-likeness (QED) is 0.132. The van der Waals surface area contributed by atoms with Gasteiger partial charge in [0.05, 0.1) is 24.5 Å². The zero-order valence-electron chi connectivity index (χ0n) is 22.7. The van der Waals surface area contributed by atoms with Crippen LogP contribution in [0.15, 0.2) is 34.9 Å². The molecule has 3 aliphatic rings. The molecule has 0 unspecified atom stereocenters. The molecule has 216 valence electrons. The van der Waals surface area contributed by atoms with E-state index in [2.05, 4.69) is 0 Å². The number of carboxylic acids is 1. The number of unbranched alkanes of at least 4 members (excludes halogenated alkanes) is 2. The summed E-state index contributed by atoms with van der Waals surface area (Å²) in [5.74, 6) is -4.19. The van der Waals surface area contributed by atoms with Crippen LogP contribution < -0.4 is 0 Å². The van der Waals surface area contributed by atoms with Gasteiger partial charge >= 0.3 is 13.1 Å². The Bertz CT molecular complexity index is 1200. The number of nitrogens with zero attached hydrogens (tertiary/aromatic N) is 1. The molecule has 0 radical (unpaired) electrons. The molecule has 2 saturated heterocycles. The summed E-state index contributed by atoms with van der Waals surface area (Å²) in [6.45, 7) is 1.93. The average Bonchev–Trinajstić information content (AvgIpc) is 3.16. The number of phenolic OH excluding ortho intramolecular Hbond substituents is 1. The standard InChI is InChI=1S/C29H37BFNO8/c1-2-17(12-18-7-9-23(34)22(31)13-18)8-10-24-26-19(16-33)14-20-27(21(26)15-30(39)40-24)29(38)32(28(20)37)11-5-3-4-6-25(35)36/h7,9,12-13,20-21,24,27,33-34,39H,2-6,8,10-11,14-16H2,1H3,(H,35,36)/b17-12+/t20-,21+,24-,27-/m1/s1. The van der Waals surface area contributed by atoms with E-state index in [-0.39, 0.29) is 44.1 Å². The number of hydrogen-bond donors (Lipinski definition) is 4. The molecule has 2 fully saturated rings. The molecule has 0 spiro atoms. The van der Waals surface area contributed by atoms with Crippen molar-refractivity contribution in [2.24, 2.45) is 17.8 Å². The highest BCUT2D eigenvalue weighted by molar-refractivity contribution is 6.43. The molecule has 2 amide bonds. The van der Waals surface area contributed by atoms with Gasteiger partial charge in [0.15, 0.2) is 11.6 Å². The summed E-state index contributed by atoms with van der Waals surface area (Å²) in [6.07, 6.45) is 5.07. The van der Waals surface area contributed by atoms with Crippen molar-refractivity contribution in [2.45, 2.75) is 70.7 Å². The van der Waals surface area contributed by atoms with Gasteiger partial charge in [-0.2, -0.15) is 0 Å². The molecular formula is C29H37BFNO8. The van der Waals surface area contributed by atoms with Crippen LogP contribution >= 0.6 is 0 Å². The van der Waals surface area contributed by atoms with E-state index in [0.29, 0.717) is 49.7 Å². The Morgan fingerprint density at radius 3 is 2.62 bits per heavy atom. The highest BCUT2D eigenvalue weighted by atomic mass is 19.1. The number of phenols is 1. The van der Waals surface area contributed by atoms with E-state index in [0.717, 1.165) is 11.1 Å². The highest BCUT2D eigenvalue weighted by Crippen LogP contribution is 2.50. The largest absolute Gasteiger partial charge is 0.505 e. The molecule has 11 heteroatoms. The second-order valence-corrected chi connectivity index (χ2v) is 10.9. The Balaban J connectivity index is 1.50. The van der Waals surface area contributed by atoms with Crippen LogP contribution in [0.5, 0.6) is 5.75 Å². The summed E-state index contributed by atoms with van der Waals surface area (Å²) in [4.78, 5) is 38.8. The summed E-state index contributed by atoms with van der Waals surface area (Å²) in [6, 6.07) is 4.19. The van der Waals surface area contributed by atoms with Crippen molar-refractivity contribution in [3.05, 3.63) is 46.3 Å². The number of rotatable bonds is 12. The van der Waals surface area contributed by atoms with Gasteiger partial charge in [-0.05, 0) is 79.6 Å². The third-order valence-corrected chi connectivity index (χ3v) is 8.39. The van der Waals surface area contributed by atoms with Crippen LogP contribution in [0.2, 0.25) is 6.32 Å². The topological polar surface area (TPSA) is 145 Å². The van der Waals surface area contributed by atoms with Crippen LogP contribution in [0, 0.1) is 23.6 Å². The molecule has 2 heterocycles. The van der Waals surface area contributed by atoms with Crippen molar-refractivity contribution >= 4 is 31.0 Å². The maximum atomic E-state index is 13.8. The van der Waals surface area contributed by atoms with Crippen molar-refractivity contribution in [1.82, 2.24) is 4.90 Å². The fraction of sp³-hybridized carbons (Fsp3) is 0.552. The fourth-order valence-electron chi connectivity index (χ4n) is 6.43. The SMILES string of the molecule is CC/C(=C\c1ccc(O)c(F)c1)CC[C@H]1OB(O)C[C@H]2C1=C(CO)C[C@H]1C(=O)N(CCCCCC(=O)O)C(=O)[C@H]12. The average molecular weight is 557 g/mol. The summed E-state index contributed by atoms with van der Waals surface area (Å²) in [5, 5.41) is 39.2. The van der Waals surface area contributed by atoms with Crippen molar-refractivity contribution in [3.8, 4) is 5.75 Å². The van der Waals surface area contributed by atoms with Crippen molar-refractivity contribution in [1.29, 1.82) is 0 Å². The number of hydrogen-bond acceptors (Lipinski definition) is 7. The van der Waals surface area contributed by atoms with Gasteiger partial charge in [0.1, 0.15) is 0 Å². The van der Waals surface area contributed by atoms with Crippen LogP contribution in [0.25, 0.3) is 6.08 Å². The molecule has 4 rings (SSSR count). The number of allylic oxidation sites excluding steroid dienone is 1. The number of aliphatic carboxylic acids is 1. The number of aromatic hydroxyl groups is 1. The number of likely N-dealkylation sites (tertiary alicyclic amines) is 1. The minimum atomic E-state index is -1.12. The van der Waals surface area contributed by atoms with E-state index < -0.39 is 48.5 Å². The number of carbonyl (C=O) groups is 3. The smallest absolute Gasteiger partial charge is 0.455 e. The van der Waals surface area contributed by atoms with Gasteiger partial charge in [0.2, 0.25) is 11.8 Å². The monoisotopic (exact) mass is 557 g/mol. The number of imide groups is 1. The second-order valence-electron chi connectivity index (χ2n) is 10.9. The fourth-order valence-corrected chi connectivity index (χ4v) is 6.43. The molecular weight excluding hydrogens is 520 g/mol. The molecule has 1 aromatic carbocycles. The molecule has 40 heavy (non-hydrogen) atoms. The lowest BCUT2D eigenvalue weighted by atomic mass is 9.58. The predicted octanol–water partition coefficient (Wildman–Crippen LogP) is 3.54. The van der Waals surface area contributed by atoms with Crippen LogP contribution in [-0.2, 0) is 19.0 Å². The summed E-state index contributed by atoms with van der Waals surface area (Å²) >= 11 is 0. The molecule has 0 aromatic heterocycles. The zero-order valence-corrected chi connectivity index (χ0v) is 22.7. The lowest BCUT2D eigenvalue weighted by molar-refractivity contribution is -0.141. The minimum absolute atomic E-state index is 0.0440. The molecule has 4 atom stereocenters. The summed E-state index contributed by atoms with van der Waals surface area (Å²) in [5.41, 5.74) is 3.09. The predicted molar refractivity (Wildman–Crippen MR) is 145 cm³/mol. The third kappa shape index (κ3) is 6.48. The maximum absolute atomic E-state index is 13.8. The molecule has 1 aromatic rings. The maximum Gasteiger partial charge on any atom is 0.455 e. The van der Waals surface area contributed by atoms with Gasteiger partial charge in [-0.3, -0.25) is 19.3 Å². The third-order valence-electron chi connectivity index (χ3n) is 8.39. The lowest BCUT2D eigenvalue weighted by Crippen LogP contribution is -2.46. The van der Waals surface area contributed by atoms with E-state index in [1.165, 1.54) is 17.0 Å². The highest BCUT2D eigenvalue weighted by Gasteiger charge is 2.57. The Kier molecular flexibility index (Phi) is 9.81. The number of fused-ring (bicyclic) bond motifs is 3. The van der Waals surface area contributed by atoms with Gasteiger partial charge in [0.25, 0.3) is 0 Å². The summed E-state index contributed by atoms with van der Waals surface area (Å²) < 4.78 is 19.7. The number of aliphatic hydroxyl groups excluding tert-OH is 1. The molecule has 4 N–H and O–H groups in total. The van der Waals surface area contributed by atoms with Crippen LogP contribution in [0.1, 0.15) is 63.9 Å². The number of halogens is 1. The van der Waals surface area contributed by atoms with Crippen LogP contribution in [-0.4, -0.2) is 69.4 Å². The molecule has 2 aliphatic heterocycles. The van der Waals surface area contributed by atoms with Gasteiger partial charge in [-0.25, -0.2) is 4.39 Å². The van der Waals surface area contributed by atoms with Gasteiger partial charge in [0, 0.05) is 13.0 Å². The Morgan fingerprint density at radius 2 is 1.95 bits per heavy atom. The van der Waals surface area contributed by atoms with Gasteiger partial charge in [-0.15, -0.1) is 0 Å². The zero-order chi connectivity index (χ0) is 29.0. The first-order valence-corrected chi connectivity index (χ1v) is 14.1. The molecule has 1 aliphatic carbocycles. The van der Waals surface area contributed by atoms with E-state index in [1.807, 2.05) is 13.0 Å². The normalized spacial score (nSPS) is 24.9. The first-order chi connectivity index (χ1) is 19.1. The van der Waals surface area contributed by atoms with Crippen molar-refractivity contribution in [3.63, 3.8) is 0 Å². The van der Waals surface area contributed by atoms with E-state index in [4.69, 9.17) is 9.76 Å². The number of aliphatic hydroxyl groups is 1. The van der Waals surface area contributed by atoms with E-state index in [1.54, 1.807) is 6.07 Å². The minimum Gasteiger partial charge on any atom is -0.505 e. The van der Waals surface area contributed by atoms with Gasteiger partial charge in [-0.1, -0.05) is 31.1 Å². The number of benzene rings is 1. The molecule has 0 bridgehead atoms. The first kappa shape index (κ1) is 30.0. The Morgan fingerprint density at radius 1 is 1.18 bits per heavy atom.